The van der Waals surface area contributed by atoms with Gasteiger partial charge in [-0.25, -0.2) is 9.78 Å². The van der Waals surface area contributed by atoms with Crippen LogP contribution in [-0.2, 0) is 0 Å². The van der Waals surface area contributed by atoms with Gasteiger partial charge in [-0.15, -0.1) is 5.10 Å². The molecular formula is C13H9N5O4. The second kappa shape index (κ2) is 4.58. The summed E-state index contributed by atoms with van der Waals surface area (Å²) in [6.07, 6.45) is 0.342. The van der Waals surface area contributed by atoms with Crippen molar-refractivity contribution in [3.05, 3.63) is 30.5 Å². The molecule has 0 radical (unpaired) electrons. The highest BCUT2D eigenvalue weighted by atomic mass is 16.7. The normalized spacial score (nSPS) is 12.5. The van der Waals surface area contributed by atoms with Gasteiger partial charge in [-0.3, -0.25) is 5.32 Å². The van der Waals surface area contributed by atoms with E-state index in [-0.39, 0.29) is 12.7 Å². The second-order valence-corrected chi connectivity index (χ2v) is 4.48. The first kappa shape index (κ1) is 12.4. The summed E-state index contributed by atoms with van der Waals surface area (Å²) in [5, 5.41) is 14.9. The summed E-state index contributed by atoms with van der Waals surface area (Å²) in [5.74, 6) is 1.58. The van der Waals surface area contributed by atoms with E-state index in [9.17, 15) is 4.79 Å². The molecule has 2 aromatic heterocycles. The topological polar surface area (TPSA) is 111 Å². The van der Waals surface area contributed by atoms with Crippen molar-refractivity contribution in [2.75, 3.05) is 12.1 Å². The van der Waals surface area contributed by atoms with E-state index in [2.05, 4.69) is 20.4 Å². The van der Waals surface area contributed by atoms with Crippen LogP contribution < -0.4 is 14.8 Å². The predicted octanol–water partition coefficient (Wildman–Crippen LogP) is 1.61. The van der Waals surface area contributed by atoms with Crippen LogP contribution in [0.3, 0.4) is 0 Å². The minimum absolute atomic E-state index is 0.0341. The van der Waals surface area contributed by atoms with E-state index < -0.39 is 6.09 Å². The molecule has 9 nitrogen and oxygen atoms in total. The van der Waals surface area contributed by atoms with E-state index in [1.807, 2.05) is 12.1 Å². The largest absolute Gasteiger partial charge is 0.465 e. The Morgan fingerprint density at radius 1 is 1.27 bits per heavy atom. The fraction of sp³-hybridized carbons (Fsp3) is 0.0769. The third kappa shape index (κ3) is 1.95. The maximum Gasteiger partial charge on any atom is 0.411 e. The van der Waals surface area contributed by atoms with Gasteiger partial charge in [0.2, 0.25) is 6.79 Å². The Morgan fingerprint density at radius 2 is 2.14 bits per heavy atom. The molecule has 1 aliphatic heterocycles. The Balaban J connectivity index is 1.84. The lowest BCUT2D eigenvalue weighted by atomic mass is 10.1. The van der Waals surface area contributed by atoms with Crippen LogP contribution in [0.15, 0.2) is 30.5 Å². The molecule has 22 heavy (non-hydrogen) atoms. The van der Waals surface area contributed by atoms with Crippen LogP contribution in [0.2, 0.25) is 0 Å². The third-order valence-electron chi connectivity index (χ3n) is 3.13. The molecule has 0 bridgehead atoms. The van der Waals surface area contributed by atoms with Crippen molar-refractivity contribution in [3.63, 3.8) is 0 Å². The number of nitrogens with zero attached hydrogens (tertiary/aromatic N) is 4. The fourth-order valence-electron chi connectivity index (χ4n) is 2.22. The molecule has 1 amide bonds. The monoisotopic (exact) mass is 299 g/mol. The second-order valence-electron chi connectivity index (χ2n) is 4.48. The van der Waals surface area contributed by atoms with Gasteiger partial charge in [0.05, 0.1) is 5.69 Å². The molecule has 2 N–H and O–H groups in total. The van der Waals surface area contributed by atoms with Crippen LogP contribution in [0.25, 0.3) is 17.0 Å². The van der Waals surface area contributed by atoms with Gasteiger partial charge < -0.3 is 14.6 Å². The van der Waals surface area contributed by atoms with E-state index >= 15 is 0 Å². The van der Waals surface area contributed by atoms with Gasteiger partial charge in [-0.1, -0.05) is 0 Å². The SMILES string of the molecule is O=C(O)Nc1nc2nccc(-c3ccc4c(c3)OCO4)n2n1. The molecule has 1 aromatic carbocycles. The fourth-order valence-corrected chi connectivity index (χ4v) is 2.22. The highest BCUT2D eigenvalue weighted by Gasteiger charge is 2.16. The Bertz CT molecular complexity index is 891. The standard InChI is InChI=1S/C13H9N5O4/c19-13(20)16-11-15-12-14-4-3-8(18(12)17-11)7-1-2-9-10(5-7)22-6-21-9/h1-5H,6H2,(H,16,17)(H,19,20). The lowest BCUT2D eigenvalue weighted by molar-refractivity contribution is 0.174. The van der Waals surface area contributed by atoms with Gasteiger partial charge in [-0.2, -0.15) is 9.50 Å². The first-order valence-corrected chi connectivity index (χ1v) is 6.32. The first-order chi connectivity index (χ1) is 10.7. The smallest absolute Gasteiger partial charge is 0.411 e. The average Bonchev–Trinajstić information content (AvgIpc) is 3.10. The number of nitrogens with one attached hydrogen (secondary N) is 1. The molecule has 0 unspecified atom stereocenters. The van der Waals surface area contributed by atoms with E-state index in [4.69, 9.17) is 14.6 Å². The molecule has 4 rings (SSSR count). The molecule has 0 fully saturated rings. The zero-order valence-corrected chi connectivity index (χ0v) is 11.1. The third-order valence-corrected chi connectivity index (χ3v) is 3.13. The lowest BCUT2D eigenvalue weighted by Crippen LogP contribution is -2.08. The Labute approximate surface area is 123 Å². The van der Waals surface area contributed by atoms with Gasteiger partial charge in [0.15, 0.2) is 11.5 Å². The van der Waals surface area contributed by atoms with Crippen molar-refractivity contribution in [1.29, 1.82) is 0 Å². The Hall–Kier alpha value is -3.36. The minimum atomic E-state index is -1.24. The molecule has 0 aliphatic carbocycles. The molecule has 0 saturated heterocycles. The number of carboxylic acid groups (broad SMARTS) is 1. The Morgan fingerprint density at radius 3 is 3.00 bits per heavy atom. The summed E-state index contributed by atoms with van der Waals surface area (Å²) >= 11 is 0. The zero-order valence-electron chi connectivity index (χ0n) is 11.1. The molecule has 110 valence electrons. The summed E-state index contributed by atoms with van der Waals surface area (Å²) in [6, 6.07) is 7.23. The minimum Gasteiger partial charge on any atom is -0.465 e. The number of benzene rings is 1. The van der Waals surface area contributed by atoms with Gasteiger partial charge in [-0.05, 0) is 24.3 Å². The van der Waals surface area contributed by atoms with Gasteiger partial charge >= 0.3 is 6.09 Å². The number of rotatable bonds is 2. The van der Waals surface area contributed by atoms with Crippen LogP contribution >= 0.6 is 0 Å². The van der Waals surface area contributed by atoms with Gasteiger partial charge in [0.25, 0.3) is 11.7 Å². The number of carbonyl (C=O) groups is 1. The van der Waals surface area contributed by atoms with Gasteiger partial charge in [0, 0.05) is 11.8 Å². The van der Waals surface area contributed by atoms with E-state index in [0.29, 0.717) is 23.0 Å². The highest BCUT2D eigenvalue weighted by molar-refractivity contribution is 5.80. The van der Waals surface area contributed by atoms with Crippen molar-refractivity contribution in [3.8, 4) is 22.8 Å². The average molecular weight is 299 g/mol. The van der Waals surface area contributed by atoms with Crippen molar-refractivity contribution in [2.45, 2.75) is 0 Å². The summed E-state index contributed by atoms with van der Waals surface area (Å²) in [4.78, 5) is 18.7. The number of hydrogen-bond donors (Lipinski definition) is 2. The lowest BCUT2D eigenvalue weighted by Gasteiger charge is -2.04. The number of fused-ring (bicyclic) bond motifs is 2. The molecule has 3 aromatic rings. The molecule has 9 heteroatoms. The number of amides is 1. The van der Waals surface area contributed by atoms with E-state index in [1.54, 1.807) is 18.3 Å². The number of ether oxygens (including phenoxy) is 2. The molecule has 1 aliphatic rings. The summed E-state index contributed by atoms with van der Waals surface area (Å²) in [7, 11) is 0. The Kier molecular flexibility index (Phi) is 2.58. The maximum absolute atomic E-state index is 10.7. The van der Waals surface area contributed by atoms with E-state index in [0.717, 1.165) is 5.56 Å². The molecular weight excluding hydrogens is 290 g/mol. The van der Waals surface area contributed by atoms with Crippen molar-refractivity contribution < 1.29 is 19.4 Å². The van der Waals surface area contributed by atoms with Crippen LogP contribution in [0.1, 0.15) is 0 Å². The quantitative estimate of drug-likeness (QED) is 0.739. The first-order valence-electron chi connectivity index (χ1n) is 6.32. The van der Waals surface area contributed by atoms with Gasteiger partial charge in [0.1, 0.15) is 0 Å². The number of hydrogen-bond acceptors (Lipinski definition) is 6. The summed E-state index contributed by atoms with van der Waals surface area (Å²) in [5.41, 5.74) is 1.53. The number of anilines is 1. The van der Waals surface area contributed by atoms with Crippen molar-refractivity contribution >= 4 is 17.8 Å². The van der Waals surface area contributed by atoms with Crippen LogP contribution in [0, 0.1) is 0 Å². The maximum atomic E-state index is 10.7. The van der Waals surface area contributed by atoms with Crippen LogP contribution in [0.4, 0.5) is 10.7 Å². The molecule has 3 heterocycles. The van der Waals surface area contributed by atoms with Crippen LogP contribution in [-0.4, -0.2) is 37.6 Å². The molecule has 0 saturated carbocycles. The molecule has 0 atom stereocenters. The summed E-state index contributed by atoms with van der Waals surface area (Å²) in [6.45, 7) is 0.195. The van der Waals surface area contributed by atoms with E-state index in [1.165, 1.54) is 4.52 Å². The highest BCUT2D eigenvalue weighted by Crippen LogP contribution is 2.35. The summed E-state index contributed by atoms with van der Waals surface area (Å²) < 4.78 is 12.1. The zero-order chi connectivity index (χ0) is 15.1. The van der Waals surface area contributed by atoms with Crippen LogP contribution in [0.5, 0.6) is 11.5 Å². The molecule has 0 spiro atoms. The number of aromatic nitrogens is 4. The van der Waals surface area contributed by atoms with Crippen molar-refractivity contribution in [1.82, 2.24) is 19.6 Å². The predicted molar refractivity (Wildman–Crippen MR) is 74.0 cm³/mol. The van der Waals surface area contributed by atoms with Crippen molar-refractivity contribution in [2.24, 2.45) is 0 Å².